The third-order valence-corrected chi connectivity index (χ3v) is 5.38. The molecule has 32 heavy (non-hydrogen) atoms. The van der Waals surface area contributed by atoms with E-state index in [4.69, 9.17) is 9.97 Å². The van der Waals surface area contributed by atoms with Crippen LogP contribution in [0.2, 0.25) is 0 Å². The van der Waals surface area contributed by atoms with Crippen molar-refractivity contribution in [3.05, 3.63) is 94.4 Å². The van der Waals surface area contributed by atoms with Gasteiger partial charge in [0.1, 0.15) is 6.33 Å². The molecule has 0 spiro atoms. The lowest BCUT2D eigenvalue weighted by atomic mass is 10.1. The second-order valence-corrected chi connectivity index (χ2v) is 7.57. The maximum atomic E-state index is 11.1. The van der Waals surface area contributed by atoms with Crippen LogP contribution in [0, 0.1) is 10.1 Å². The summed E-state index contributed by atoms with van der Waals surface area (Å²) in [6, 6.07) is 12.3. The fraction of sp³-hybridized carbons (Fsp3) is 0.174. The van der Waals surface area contributed by atoms with Gasteiger partial charge in [0.15, 0.2) is 5.82 Å². The lowest BCUT2D eigenvalue weighted by Crippen LogP contribution is -2.31. The van der Waals surface area contributed by atoms with E-state index in [2.05, 4.69) is 19.9 Å². The van der Waals surface area contributed by atoms with Gasteiger partial charge in [-0.3, -0.25) is 20.0 Å². The summed E-state index contributed by atoms with van der Waals surface area (Å²) in [5.41, 5.74) is 5.39. The highest BCUT2D eigenvalue weighted by Gasteiger charge is 2.20. The summed E-state index contributed by atoms with van der Waals surface area (Å²) >= 11 is 0. The summed E-state index contributed by atoms with van der Waals surface area (Å²) in [5.74, 6) is 0.643. The van der Waals surface area contributed by atoms with E-state index in [-0.39, 0.29) is 5.69 Å². The number of rotatable bonds is 5. The zero-order chi connectivity index (χ0) is 21.9. The average molecular weight is 425 g/mol. The smallest absolute Gasteiger partial charge is 0.270 e. The van der Waals surface area contributed by atoms with Crippen LogP contribution in [0.25, 0.3) is 22.6 Å². The number of hydrogen-bond donors (Lipinski definition) is 0. The van der Waals surface area contributed by atoms with E-state index in [1.54, 1.807) is 24.5 Å². The zero-order valence-electron chi connectivity index (χ0n) is 17.1. The molecule has 0 saturated heterocycles. The molecule has 4 heterocycles. The number of benzene rings is 1. The topological polar surface area (TPSA) is 111 Å². The van der Waals surface area contributed by atoms with Crippen molar-refractivity contribution in [2.24, 2.45) is 0 Å². The van der Waals surface area contributed by atoms with Gasteiger partial charge in [-0.25, -0.2) is 19.9 Å². The SMILES string of the molecule is O=[N+]([O-])c1cccc(-c2cccc(CN3CCc4nc(-c5cncnc5)ncc4C3)n2)c1. The van der Waals surface area contributed by atoms with E-state index in [1.165, 1.54) is 12.4 Å². The van der Waals surface area contributed by atoms with Gasteiger partial charge in [0.05, 0.1) is 27.6 Å². The summed E-state index contributed by atoms with van der Waals surface area (Å²) in [4.78, 5) is 35.0. The molecule has 0 atom stereocenters. The van der Waals surface area contributed by atoms with Crippen LogP contribution in [-0.2, 0) is 19.5 Å². The first-order valence-corrected chi connectivity index (χ1v) is 10.2. The minimum absolute atomic E-state index is 0.0591. The van der Waals surface area contributed by atoms with Gasteiger partial charge < -0.3 is 0 Å². The Hall–Kier alpha value is -4.11. The van der Waals surface area contributed by atoms with Gasteiger partial charge in [0.2, 0.25) is 0 Å². The number of hydrogen-bond acceptors (Lipinski definition) is 8. The normalized spacial score (nSPS) is 13.5. The molecule has 0 amide bonds. The van der Waals surface area contributed by atoms with Crippen molar-refractivity contribution >= 4 is 5.69 Å². The highest BCUT2D eigenvalue weighted by atomic mass is 16.6. The quantitative estimate of drug-likeness (QED) is 0.353. The molecule has 4 aromatic rings. The Balaban J connectivity index is 1.32. The van der Waals surface area contributed by atoms with E-state index in [0.717, 1.165) is 53.3 Å². The standard InChI is InChI=1S/C23H19N7O2/c31-30(32)20-5-1-3-16(9-20)21-6-2-4-19(27-21)14-29-8-7-22-18(13-29)12-26-23(28-22)17-10-24-15-25-11-17/h1-6,9-12,15H,7-8,13-14H2. The van der Waals surface area contributed by atoms with Gasteiger partial charge in [-0.2, -0.15) is 0 Å². The Kier molecular flexibility index (Phi) is 5.30. The first-order chi connectivity index (χ1) is 15.7. The molecule has 0 N–H and O–H groups in total. The Morgan fingerprint density at radius 3 is 2.69 bits per heavy atom. The van der Waals surface area contributed by atoms with Crippen molar-refractivity contribution < 1.29 is 4.92 Å². The third-order valence-electron chi connectivity index (χ3n) is 5.38. The van der Waals surface area contributed by atoms with Crippen LogP contribution in [0.1, 0.15) is 17.0 Å². The Labute approximate surface area is 184 Å². The molecule has 1 aliphatic rings. The largest absolute Gasteiger partial charge is 0.293 e. The van der Waals surface area contributed by atoms with Crippen LogP contribution in [0.5, 0.6) is 0 Å². The van der Waals surface area contributed by atoms with Crippen LogP contribution >= 0.6 is 0 Å². The van der Waals surface area contributed by atoms with Gasteiger partial charge in [-0.15, -0.1) is 0 Å². The van der Waals surface area contributed by atoms with Crippen molar-refractivity contribution in [1.82, 2.24) is 29.8 Å². The minimum atomic E-state index is -0.392. The molecule has 1 aromatic carbocycles. The number of nitro benzene ring substituents is 1. The number of pyridine rings is 1. The summed E-state index contributed by atoms with van der Waals surface area (Å²) in [5, 5.41) is 11.1. The number of aromatic nitrogens is 5. The number of nitrogens with zero attached hydrogens (tertiary/aromatic N) is 7. The van der Waals surface area contributed by atoms with Crippen LogP contribution in [-0.4, -0.2) is 41.3 Å². The summed E-state index contributed by atoms with van der Waals surface area (Å²) in [6.45, 7) is 2.28. The molecule has 1 aliphatic heterocycles. The summed E-state index contributed by atoms with van der Waals surface area (Å²) in [6.07, 6.45) is 7.61. The summed E-state index contributed by atoms with van der Waals surface area (Å²) in [7, 11) is 0. The molecule has 158 valence electrons. The van der Waals surface area contributed by atoms with E-state index >= 15 is 0 Å². The van der Waals surface area contributed by atoms with Gasteiger partial charge >= 0.3 is 0 Å². The number of fused-ring (bicyclic) bond motifs is 1. The predicted octanol–water partition coefficient (Wildman–Crippen LogP) is 3.46. The third kappa shape index (κ3) is 4.19. The molecule has 9 nitrogen and oxygen atoms in total. The first-order valence-electron chi connectivity index (χ1n) is 10.2. The molecule has 0 radical (unpaired) electrons. The van der Waals surface area contributed by atoms with Gasteiger partial charge in [-0.05, 0) is 12.1 Å². The lowest BCUT2D eigenvalue weighted by Gasteiger charge is -2.27. The number of non-ortho nitro benzene ring substituents is 1. The van der Waals surface area contributed by atoms with E-state index in [9.17, 15) is 10.1 Å². The molecular weight excluding hydrogens is 406 g/mol. The minimum Gasteiger partial charge on any atom is -0.293 e. The van der Waals surface area contributed by atoms with E-state index in [0.29, 0.717) is 12.4 Å². The lowest BCUT2D eigenvalue weighted by molar-refractivity contribution is -0.384. The fourth-order valence-corrected chi connectivity index (χ4v) is 3.80. The molecule has 0 unspecified atom stereocenters. The maximum Gasteiger partial charge on any atom is 0.270 e. The first kappa shape index (κ1) is 19.8. The number of nitro groups is 1. The molecular formula is C23H19N7O2. The zero-order valence-corrected chi connectivity index (χ0v) is 17.1. The predicted molar refractivity (Wildman–Crippen MR) is 117 cm³/mol. The molecule has 0 fully saturated rings. The van der Waals surface area contributed by atoms with E-state index < -0.39 is 4.92 Å². The molecule has 0 aliphatic carbocycles. The molecule has 5 rings (SSSR count). The molecule has 3 aromatic heterocycles. The van der Waals surface area contributed by atoms with E-state index in [1.807, 2.05) is 30.5 Å². The van der Waals surface area contributed by atoms with Crippen LogP contribution < -0.4 is 0 Å². The van der Waals surface area contributed by atoms with Gasteiger partial charge in [-0.1, -0.05) is 18.2 Å². The molecule has 0 bridgehead atoms. The highest BCUT2D eigenvalue weighted by molar-refractivity contribution is 5.62. The fourth-order valence-electron chi connectivity index (χ4n) is 3.80. The Morgan fingerprint density at radius 1 is 1.00 bits per heavy atom. The van der Waals surface area contributed by atoms with Crippen molar-refractivity contribution in [2.75, 3.05) is 6.54 Å². The highest BCUT2D eigenvalue weighted by Crippen LogP contribution is 2.24. The Morgan fingerprint density at radius 2 is 1.84 bits per heavy atom. The summed E-state index contributed by atoms with van der Waals surface area (Å²) < 4.78 is 0. The van der Waals surface area contributed by atoms with Gasteiger partial charge in [0, 0.05) is 67.9 Å². The van der Waals surface area contributed by atoms with Crippen LogP contribution in [0.3, 0.4) is 0 Å². The maximum absolute atomic E-state index is 11.1. The second-order valence-electron chi connectivity index (χ2n) is 7.57. The Bertz CT molecular complexity index is 1280. The van der Waals surface area contributed by atoms with Crippen molar-refractivity contribution in [2.45, 2.75) is 19.5 Å². The molecule has 9 heteroatoms. The van der Waals surface area contributed by atoms with Crippen molar-refractivity contribution in [3.8, 4) is 22.6 Å². The van der Waals surface area contributed by atoms with Crippen molar-refractivity contribution in [3.63, 3.8) is 0 Å². The average Bonchev–Trinajstić information content (AvgIpc) is 2.84. The monoisotopic (exact) mass is 425 g/mol. The van der Waals surface area contributed by atoms with Crippen LogP contribution in [0.15, 0.2) is 67.4 Å². The van der Waals surface area contributed by atoms with Crippen molar-refractivity contribution in [1.29, 1.82) is 0 Å². The second kappa shape index (κ2) is 8.56. The molecule has 0 saturated carbocycles. The van der Waals surface area contributed by atoms with Gasteiger partial charge in [0.25, 0.3) is 5.69 Å². The van der Waals surface area contributed by atoms with Crippen LogP contribution in [0.4, 0.5) is 5.69 Å².